The third kappa shape index (κ3) is 3.69. The summed E-state index contributed by atoms with van der Waals surface area (Å²) in [4.78, 5) is 17.8. The van der Waals surface area contributed by atoms with Crippen LogP contribution >= 0.6 is 11.3 Å². The fourth-order valence-corrected chi connectivity index (χ4v) is 3.34. The first-order chi connectivity index (χ1) is 12.0. The minimum atomic E-state index is -0.376. The van der Waals surface area contributed by atoms with Crippen LogP contribution in [0, 0.1) is 19.7 Å². The van der Waals surface area contributed by atoms with E-state index in [0.29, 0.717) is 10.7 Å². The molecule has 0 radical (unpaired) electrons. The van der Waals surface area contributed by atoms with Crippen LogP contribution < -0.4 is 10.1 Å². The Labute approximate surface area is 149 Å². The number of carbonyl (C=O) groups excluding carboxylic acids is 1. The van der Waals surface area contributed by atoms with Gasteiger partial charge in [-0.1, -0.05) is 0 Å². The molecule has 128 valence electrons. The predicted molar refractivity (Wildman–Crippen MR) is 97.9 cm³/mol. The zero-order chi connectivity index (χ0) is 18.0. The molecule has 3 rings (SSSR count). The summed E-state index contributed by atoms with van der Waals surface area (Å²) in [7, 11) is 1.64. The molecule has 0 saturated heterocycles. The maximum absolute atomic E-state index is 13.0. The van der Waals surface area contributed by atoms with E-state index in [-0.39, 0.29) is 11.7 Å². The van der Waals surface area contributed by atoms with Crippen LogP contribution in [0.15, 0.2) is 42.5 Å². The molecule has 0 fully saturated rings. The lowest BCUT2D eigenvalue weighted by molar-refractivity contribution is 0.102. The fraction of sp³-hybridized carbons (Fsp3) is 0.158. The van der Waals surface area contributed by atoms with Gasteiger partial charge in [0.2, 0.25) is 0 Å². The maximum atomic E-state index is 13.0. The molecular formula is C19H17FN2O2S. The van der Waals surface area contributed by atoms with E-state index in [9.17, 15) is 9.18 Å². The lowest BCUT2D eigenvalue weighted by Crippen LogP contribution is -2.11. The van der Waals surface area contributed by atoms with E-state index >= 15 is 0 Å². The summed E-state index contributed by atoms with van der Waals surface area (Å²) in [5.41, 5.74) is 3.19. The van der Waals surface area contributed by atoms with Crippen molar-refractivity contribution in [2.24, 2.45) is 0 Å². The van der Waals surface area contributed by atoms with Crippen LogP contribution in [0.1, 0.15) is 20.8 Å². The van der Waals surface area contributed by atoms with Crippen LogP contribution in [0.25, 0.3) is 11.3 Å². The van der Waals surface area contributed by atoms with Gasteiger partial charge in [-0.25, -0.2) is 9.37 Å². The molecule has 1 aromatic heterocycles. The molecule has 0 aliphatic carbocycles. The first-order valence-corrected chi connectivity index (χ1v) is 8.49. The predicted octanol–water partition coefficient (Wildman–Crippen LogP) is 4.83. The number of amides is 1. The molecule has 25 heavy (non-hydrogen) atoms. The average Bonchev–Trinajstić information content (AvgIpc) is 2.95. The van der Waals surface area contributed by atoms with Crippen molar-refractivity contribution in [2.45, 2.75) is 13.8 Å². The number of rotatable bonds is 4. The van der Waals surface area contributed by atoms with Crippen molar-refractivity contribution in [3.05, 3.63) is 64.3 Å². The number of anilines is 1. The summed E-state index contributed by atoms with van der Waals surface area (Å²) in [5.74, 6) is 0.131. The summed E-state index contributed by atoms with van der Waals surface area (Å²) in [5, 5.41) is 3.28. The monoisotopic (exact) mass is 356 g/mol. The lowest BCUT2D eigenvalue weighted by atomic mass is 10.1. The third-order valence-corrected chi connectivity index (χ3v) is 4.68. The Morgan fingerprint density at radius 2 is 1.88 bits per heavy atom. The Kier molecular flexibility index (Phi) is 4.81. The van der Waals surface area contributed by atoms with Gasteiger partial charge in [0.15, 0.2) is 5.13 Å². The highest BCUT2D eigenvalue weighted by Gasteiger charge is 2.14. The van der Waals surface area contributed by atoms with Crippen LogP contribution in [0.2, 0.25) is 0 Å². The van der Waals surface area contributed by atoms with Crippen molar-refractivity contribution < 1.29 is 13.9 Å². The minimum absolute atomic E-state index is 0.314. The van der Waals surface area contributed by atoms with Gasteiger partial charge < -0.3 is 4.74 Å². The average molecular weight is 356 g/mol. The summed E-state index contributed by atoms with van der Waals surface area (Å²) in [6.07, 6.45) is 0. The molecule has 4 nitrogen and oxygen atoms in total. The summed E-state index contributed by atoms with van der Waals surface area (Å²) in [6.45, 7) is 3.93. The zero-order valence-corrected chi connectivity index (χ0v) is 14.9. The highest BCUT2D eigenvalue weighted by molar-refractivity contribution is 7.16. The minimum Gasteiger partial charge on any atom is -0.496 e. The van der Waals surface area contributed by atoms with E-state index in [1.165, 1.54) is 35.6 Å². The molecule has 1 amide bonds. The van der Waals surface area contributed by atoms with Gasteiger partial charge >= 0.3 is 0 Å². The molecule has 0 bridgehead atoms. The Balaban J connectivity index is 1.84. The molecule has 0 unspecified atom stereocenters. The van der Waals surface area contributed by atoms with Crippen LogP contribution in [0.4, 0.5) is 9.52 Å². The van der Waals surface area contributed by atoms with Crippen molar-refractivity contribution in [3.8, 4) is 17.0 Å². The standard InChI is InChI=1S/C19H17FN2O2S/c1-11-10-14(6-9-16(11)24-3)17-12(2)25-19(21-17)22-18(23)13-4-7-15(20)8-5-13/h4-10H,1-3H3,(H,21,22,23). The number of benzene rings is 2. The number of aromatic nitrogens is 1. The van der Waals surface area contributed by atoms with Crippen molar-refractivity contribution in [3.63, 3.8) is 0 Å². The van der Waals surface area contributed by atoms with Gasteiger partial charge in [-0.3, -0.25) is 10.1 Å². The smallest absolute Gasteiger partial charge is 0.257 e. The van der Waals surface area contributed by atoms with E-state index in [2.05, 4.69) is 10.3 Å². The summed E-state index contributed by atoms with van der Waals surface area (Å²) >= 11 is 1.40. The highest BCUT2D eigenvalue weighted by Crippen LogP contribution is 2.32. The van der Waals surface area contributed by atoms with E-state index in [0.717, 1.165) is 27.4 Å². The first kappa shape index (κ1) is 17.1. The number of nitrogens with one attached hydrogen (secondary N) is 1. The molecular weight excluding hydrogens is 339 g/mol. The van der Waals surface area contributed by atoms with Gasteiger partial charge in [0.05, 0.1) is 12.8 Å². The van der Waals surface area contributed by atoms with Crippen molar-refractivity contribution in [2.75, 3.05) is 12.4 Å². The van der Waals surface area contributed by atoms with Crippen LogP contribution in [-0.4, -0.2) is 18.0 Å². The van der Waals surface area contributed by atoms with Gasteiger partial charge in [0.1, 0.15) is 11.6 Å². The Morgan fingerprint density at radius 3 is 2.52 bits per heavy atom. The molecule has 1 heterocycles. The number of halogens is 1. The topological polar surface area (TPSA) is 51.2 Å². The van der Waals surface area contributed by atoms with Crippen molar-refractivity contribution >= 4 is 22.4 Å². The lowest BCUT2D eigenvalue weighted by Gasteiger charge is -2.06. The molecule has 0 atom stereocenters. The van der Waals surface area contributed by atoms with Gasteiger partial charge in [-0.15, -0.1) is 11.3 Å². The number of nitrogens with zero attached hydrogens (tertiary/aromatic N) is 1. The third-order valence-electron chi connectivity index (χ3n) is 3.79. The second-order valence-corrected chi connectivity index (χ2v) is 6.77. The molecule has 1 N–H and O–H groups in total. The van der Waals surface area contributed by atoms with Crippen LogP contribution in [0.5, 0.6) is 5.75 Å². The molecule has 0 aliphatic rings. The summed E-state index contributed by atoms with van der Waals surface area (Å²) in [6, 6.07) is 11.3. The largest absolute Gasteiger partial charge is 0.496 e. The van der Waals surface area contributed by atoms with Crippen molar-refractivity contribution in [1.82, 2.24) is 4.98 Å². The number of ether oxygens (including phenoxy) is 1. The van der Waals surface area contributed by atoms with Gasteiger partial charge in [0, 0.05) is 16.0 Å². The number of methoxy groups -OCH3 is 1. The fourth-order valence-electron chi connectivity index (χ4n) is 2.51. The SMILES string of the molecule is COc1ccc(-c2nc(NC(=O)c3ccc(F)cc3)sc2C)cc1C. The molecule has 0 spiro atoms. The number of carbonyl (C=O) groups is 1. The normalized spacial score (nSPS) is 10.6. The van der Waals surface area contributed by atoms with Crippen LogP contribution in [0.3, 0.4) is 0 Å². The molecule has 2 aromatic carbocycles. The van der Waals surface area contributed by atoms with Crippen LogP contribution in [-0.2, 0) is 0 Å². The quantitative estimate of drug-likeness (QED) is 0.729. The molecule has 6 heteroatoms. The van der Waals surface area contributed by atoms with E-state index in [4.69, 9.17) is 4.74 Å². The Bertz CT molecular complexity index is 920. The highest BCUT2D eigenvalue weighted by atomic mass is 32.1. The van der Waals surface area contributed by atoms with E-state index in [1.54, 1.807) is 7.11 Å². The number of hydrogen-bond acceptors (Lipinski definition) is 4. The first-order valence-electron chi connectivity index (χ1n) is 7.67. The van der Waals surface area contributed by atoms with Gasteiger partial charge in [-0.2, -0.15) is 0 Å². The molecule has 0 saturated carbocycles. The number of thiazole rings is 1. The number of hydrogen-bond donors (Lipinski definition) is 1. The zero-order valence-electron chi connectivity index (χ0n) is 14.1. The van der Waals surface area contributed by atoms with Gasteiger partial charge in [0.25, 0.3) is 5.91 Å². The van der Waals surface area contributed by atoms with E-state index in [1.807, 2.05) is 32.0 Å². The summed E-state index contributed by atoms with van der Waals surface area (Å²) < 4.78 is 18.2. The number of aryl methyl sites for hydroxylation is 2. The maximum Gasteiger partial charge on any atom is 0.257 e. The Morgan fingerprint density at radius 1 is 1.16 bits per heavy atom. The van der Waals surface area contributed by atoms with E-state index < -0.39 is 0 Å². The van der Waals surface area contributed by atoms with Gasteiger partial charge in [-0.05, 0) is 61.9 Å². The molecule has 0 aliphatic heterocycles. The second-order valence-electron chi connectivity index (χ2n) is 5.57. The second kappa shape index (κ2) is 7.03. The van der Waals surface area contributed by atoms with Crippen molar-refractivity contribution in [1.29, 1.82) is 0 Å². The Hall–Kier alpha value is -2.73. The molecule has 3 aromatic rings.